The van der Waals surface area contributed by atoms with Crippen molar-refractivity contribution in [2.75, 3.05) is 11.8 Å². The first-order chi connectivity index (χ1) is 11.1. The molecule has 7 heteroatoms. The molecule has 1 aromatic heterocycles. The molecule has 0 fully saturated rings. The lowest BCUT2D eigenvalue weighted by molar-refractivity contribution is 0.0607. The van der Waals surface area contributed by atoms with E-state index in [4.69, 9.17) is 0 Å². The summed E-state index contributed by atoms with van der Waals surface area (Å²) in [5, 5.41) is 1.64. The van der Waals surface area contributed by atoms with Gasteiger partial charge in [0.25, 0.3) is 10.0 Å². The van der Waals surface area contributed by atoms with Crippen molar-refractivity contribution in [3.8, 4) is 0 Å². The monoisotopic (exact) mass is 367 g/mol. The highest BCUT2D eigenvalue weighted by molar-refractivity contribution is 7.92. The summed E-state index contributed by atoms with van der Waals surface area (Å²) in [7, 11) is -2.55. The molecular formula is C17H21NO4S2. The summed E-state index contributed by atoms with van der Waals surface area (Å²) in [5.41, 5.74) is 1.63. The van der Waals surface area contributed by atoms with Crippen LogP contribution in [0.25, 0.3) is 0 Å². The van der Waals surface area contributed by atoms with Crippen LogP contribution in [0.2, 0.25) is 0 Å². The fraction of sp³-hybridized carbons (Fsp3) is 0.353. The van der Waals surface area contributed by atoms with E-state index in [0.717, 1.165) is 16.9 Å². The highest BCUT2D eigenvalue weighted by atomic mass is 32.2. The van der Waals surface area contributed by atoms with Gasteiger partial charge < -0.3 is 4.74 Å². The second-order valence-electron chi connectivity index (χ2n) is 6.49. The van der Waals surface area contributed by atoms with E-state index in [2.05, 4.69) is 9.46 Å². The van der Waals surface area contributed by atoms with Crippen molar-refractivity contribution in [2.45, 2.75) is 38.0 Å². The minimum Gasteiger partial charge on any atom is -0.465 e. The quantitative estimate of drug-likeness (QED) is 0.831. The van der Waals surface area contributed by atoms with Crippen LogP contribution in [-0.2, 0) is 20.2 Å². The van der Waals surface area contributed by atoms with Crippen molar-refractivity contribution in [3.05, 3.63) is 45.6 Å². The summed E-state index contributed by atoms with van der Waals surface area (Å²) in [6, 6.07) is 6.96. The van der Waals surface area contributed by atoms with Crippen LogP contribution in [0, 0.1) is 6.92 Å². The van der Waals surface area contributed by atoms with Gasteiger partial charge >= 0.3 is 5.97 Å². The Morgan fingerprint density at radius 3 is 2.46 bits per heavy atom. The first-order valence-electron chi connectivity index (χ1n) is 7.36. The Labute approximate surface area is 146 Å². The molecule has 0 spiro atoms. The van der Waals surface area contributed by atoms with Crippen LogP contribution in [-0.4, -0.2) is 21.5 Å². The molecule has 1 N–H and O–H groups in total. The number of rotatable bonds is 4. The van der Waals surface area contributed by atoms with Crippen LogP contribution in [0.4, 0.5) is 5.69 Å². The van der Waals surface area contributed by atoms with E-state index in [0.29, 0.717) is 5.56 Å². The van der Waals surface area contributed by atoms with E-state index >= 15 is 0 Å². The van der Waals surface area contributed by atoms with Crippen molar-refractivity contribution in [2.24, 2.45) is 0 Å². The molecule has 0 radical (unpaired) electrons. The van der Waals surface area contributed by atoms with Crippen molar-refractivity contribution in [1.29, 1.82) is 0 Å². The standard InChI is InChI=1S/C17H21NO4S2/c1-11-6-7-12(17(2,3)4)10-14(11)24(20,21)18-13-8-9-23-15(13)16(19)22-5/h6-10,18H,1-5H3. The largest absolute Gasteiger partial charge is 0.465 e. The number of aryl methyl sites for hydroxylation is 1. The zero-order chi connectivity index (χ0) is 18.1. The summed E-state index contributed by atoms with van der Waals surface area (Å²) in [4.78, 5) is 12.2. The Kier molecular flexibility index (Phi) is 5.05. The molecule has 1 heterocycles. The number of ether oxygens (including phenoxy) is 1. The van der Waals surface area contributed by atoms with Gasteiger partial charge in [0.15, 0.2) is 0 Å². The van der Waals surface area contributed by atoms with Crippen LogP contribution in [0.15, 0.2) is 34.5 Å². The first-order valence-corrected chi connectivity index (χ1v) is 9.72. The maximum absolute atomic E-state index is 12.8. The molecule has 2 rings (SSSR count). The van der Waals surface area contributed by atoms with Gasteiger partial charge in [0.1, 0.15) is 4.88 Å². The zero-order valence-corrected chi connectivity index (χ0v) is 16.0. The van der Waals surface area contributed by atoms with Crippen LogP contribution < -0.4 is 4.72 Å². The number of sulfonamides is 1. The number of benzene rings is 1. The van der Waals surface area contributed by atoms with Crippen LogP contribution in [0.1, 0.15) is 41.6 Å². The minimum atomic E-state index is -3.81. The van der Waals surface area contributed by atoms with E-state index in [1.54, 1.807) is 30.5 Å². The molecule has 0 atom stereocenters. The fourth-order valence-corrected chi connectivity index (χ4v) is 4.37. The highest BCUT2D eigenvalue weighted by Crippen LogP contribution is 2.30. The van der Waals surface area contributed by atoms with Crippen LogP contribution >= 0.6 is 11.3 Å². The predicted octanol–water partition coefficient (Wildman–Crippen LogP) is 3.94. The zero-order valence-electron chi connectivity index (χ0n) is 14.3. The number of esters is 1. The van der Waals surface area contributed by atoms with Crippen molar-refractivity contribution >= 4 is 33.0 Å². The van der Waals surface area contributed by atoms with Gasteiger partial charge in [-0.3, -0.25) is 4.72 Å². The average Bonchev–Trinajstić information content (AvgIpc) is 2.92. The highest BCUT2D eigenvalue weighted by Gasteiger charge is 2.24. The van der Waals surface area contributed by atoms with Crippen molar-refractivity contribution in [3.63, 3.8) is 0 Å². The number of hydrogen-bond donors (Lipinski definition) is 1. The van der Waals surface area contributed by atoms with Gasteiger partial charge in [-0.1, -0.05) is 32.9 Å². The topological polar surface area (TPSA) is 72.5 Å². The van der Waals surface area contributed by atoms with Gasteiger partial charge in [-0.25, -0.2) is 13.2 Å². The van der Waals surface area contributed by atoms with E-state index in [1.165, 1.54) is 7.11 Å². The lowest BCUT2D eigenvalue weighted by Crippen LogP contribution is -2.18. The molecule has 130 valence electrons. The maximum atomic E-state index is 12.8. The van der Waals surface area contributed by atoms with Crippen molar-refractivity contribution < 1.29 is 17.9 Å². The summed E-state index contributed by atoms with van der Waals surface area (Å²) in [6.45, 7) is 7.82. The Morgan fingerprint density at radius 1 is 1.21 bits per heavy atom. The molecule has 0 aliphatic rings. The molecule has 0 bridgehead atoms. The molecule has 1 aromatic carbocycles. The normalized spacial score (nSPS) is 12.0. The van der Waals surface area contributed by atoms with Gasteiger partial charge in [-0.05, 0) is 41.0 Å². The van der Waals surface area contributed by atoms with Gasteiger partial charge in [0, 0.05) is 0 Å². The van der Waals surface area contributed by atoms with E-state index in [9.17, 15) is 13.2 Å². The van der Waals surface area contributed by atoms with E-state index in [1.807, 2.05) is 26.8 Å². The number of hydrogen-bond acceptors (Lipinski definition) is 5. The SMILES string of the molecule is COC(=O)c1sccc1NS(=O)(=O)c1cc(C(C)(C)C)ccc1C. The third-order valence-corrected chi connectivity index (χ3v) is 6.03. The summed E-state index contributed by atoms with van der Waals surface area (Å²) in [6.07, 6.45) is 0. The molecule has 5 nitrogen and oxygen atoms in total. The summed E-state index contributed by atoms with van der Waals surface area (Å²) >= 11 is 1.13. The smallest absolute Gasteiger partial charge is 0.350 e. The van der Waals surface area contributed by atoms with Crippen LogP contribution in [0.3, 0.4) is 0 Å². The molecule has 24 heavy (non-hydrogen) atoms. The third kappa shape index (κ3) is 3.79. The lowest BCUT2D eigenvalue weighted by Gasteiger charge is -2.21. The van der Waals surface area contributed by atoms with Crippen molar-refractivity contribution in [1.82, 2.24) is 0 Å². The Morgan fingerprint density at radius 2 is 1.88 bits per heavy atom. The number of anilines is 1. The Balaban J connectivity index is 2.45. The number of methoxy groups -OCH3 is 1. The minimum absolute atomic E-state index is 0.169. The van der Waals surface area contributed by atoms with E-state index < -0.39 is 16.0 Å². The first kappa shape index (κ1) is 18.5. The molecule has 0 amide bonds. The molecule has 0 unspecified atom stereocenters. The van der Waals surface area contributed by atoms with E-state index in [-0.39, 0.29) is 20.9 Å². The van der Waals surface area contributed by atoms with Crippen LogP contribution in [0.5, 0.6) is 0 Å². The average molecular weight is 367 g/mol. The Bertz CT molecular complexity index is 861. The molecule has 2 aromatic rings. The van der Waals surface area contributed by atoms with Gasteiger partial charge in [0.2, 0.25) is 0 Å². The predicted molar refractivity (Wildman–Crippen MR) is 96.3 cm³/mol. The second kappa shape index (κ2) is 6.57. The lowest BCUT2D eigenvalue weighted by atomic mass is 9.87. The Hall–Kier alpha value is -1.86. The second-order valence-corrected chi connectivity index (χ2v) is 9.06. The summed E-state index contributed by atoms with van der Waals surface area (Å²) < 4.78 is 32.8. The molecular weight excluding hydrogens is 346 g/mol. The fourth-order valence-electron chi connectivity index (χ4n) is 2.20. The number of nitrogens with one attached hydrogen (secondary N) is 1. The molecule has 0 saturated carbocycles. The number of thiophene rings is 1. The summed E-state index contributed by atoms with van der Waals surface area (Å²) in [5.74, 6) is -0.567. The molecule has 0 aliphatic carbocycles. The molecule has 0 saturated heterocycles. The van der Waals surface area contributed by atoms with Gasteiger partial charge in [0.05, 0.1) is 17.7 Å². The molecule has 0 aliphatic heterocycles. The maximum Gasteiger partial charge on any atom is 0.350 e. The third-order valence-electron chi connectivity index (χ3n) is 3.62. The van der Waals surface area contributed by atoms with Gasteiger partial charge in [-0.15, -0.1) is 11.3 Å². The number of carbonyl (C=O) groups excluding carboxylic acids is 1. The van der Waals surface area contributed by atoms with Gasteiger partial charge in [-0.2, -0.15) is 0 Å². The number of carbonyl (C=O) groups is 1.